The van der Waals surface area contributed by atoms with Gasteiger partial charge in [0.05, 0.1) is 31.9 Å². The third-order valence-electron chi connectivity index (χ3n) is 12.6. The molecule has 0 aromatic heterocycles. The van der Waals surface area contributed by atoms with Crippen LogP contribution in [0.3, 0.4) is 0 Å². The van der Waals surface area contributed by atoms with Crippen molar-refractivity contribution in [3.63, 3.8) is 0 Å². The van der Waals surface area contributed by atoms with E-state index >= 15 is 0 Å². The van der Waals surface area contributed by atoms with Crippen molar-refractivity contribution in [2.75, 3.05) is 27.4 Å². The van der Waals surface area contributed by atoms with Crippen molar-refractivity contribution in [3.05, 3.63) is 130 Å². The number of nitrogens with zero attached hydrogens (tertiary/aromatic N) is 1. The highest BCUT2D eigenvalue weighted by Crippen LogP contribution is 2.43. The Morgan fingerprint density at radius 1 is 0.882 bits per heavy atom. The molecule has 1 aliphatic carbocycles. The topological polar surface area (TPSA) is 208 Å². The Kier molecular flexibility index (Phi) is 14.8. The number of rotatable bonds is 18. The number of aryl methyl sites for hydroxylation is 1. The first-order valence-corrected chi connectivity index (χ1v) is 22.4. The minimum absolute atomic E-state index is 0.0195. The number of phenolic OH excluding ortho intramolecular Hbond substituents is 1. The molecule has 0 radical (unpaired) electrons. The van der Waals surface area contributed by atoms with E-state index in [2.05, 4.69) is 5.32 Å². The van der Waals surface area contributed by atoms with Crippen LogP contribution in [-0.2, 0) is 36.9 Å². The first-order valence-electron chi connectivity index (χ1n) is 22.4. The molecule has 2 aliphatic heterocycles. The number of aromatic carboxylic acids is 1. The van der Waals surface area contributed by atoms with E-state index < -0.39 is 53.7 Å². The van der Waals surface area contributed by atoms with Crippen LogP contribution in [-0.4, -0.2) is 78.1 Å². The molecule has 2 atom stereocenters. The summed E-state index contributed by atoms with van der Waals surface area (Å²) in [5.41, 5.74) is 1.86. The summed E-state index contributed by atoms with van der Waals surface area (Å²) in [5.74, 6) is -2.28. The number of ether oxygens (including phenoxy) is 4. The minimum Gasteiger partial charge on any atom is -0.507 e. The number of hydrogen-bond donors (Lipinski definition) is 3. The molecule has 0 saturated carbocycles. The molecule has 2 unspecified atom stereocenters. The summed E-state index contributed by atoms with van der Waals surface area (Å²) in [6, 6.07) is 25.0. The lowest BCUT2D eigenvalue weighted by molar-refractivity contribution is -0.164. The second-order valence-electron chi connectivity index (χ2n) is 17.3. The average Bonchev–Trinajstić information content (AvgIpc) is 3.35. The Labute approximate surface area is 392 Å². The summed E-state index contributed by atoms with van der Waals surface area (Å²) in [6.07, 6.45) is 2.03. The number of Topliss-reactive ketones (excluding diaryl/α,β-unsaturated/α-hetero) is 1. The molecule has 354 valence electrons. The number of amides is 2. The number of hydrogen-bond acceptors (Lipinski definition) is 12. The van der Waals surface area contributed by atoms with Gasteiger partial charge in [0.1, 0.15) is 35.0 Å². The van der Waals surface area contributed by atoms with E-state index in [1.54, 1.807) is 88.7 Å². The molecule has 0 spiro atoms. The van der Waals surface area contributed by atoms with Gasteiger partial charge in [0.25, 0.3) is 11.8 Å². The molecule has 2 heterocycles. The lowest BCUT2D eigenvalue weighted by Gasteiger charge is -2.36. The molecular weight excluding hydrogens is 873 g/mol. The number of ketones is 1. The van der Waals surface area contributed by atoms with Crippen LogP contribution in [0.25, 0.3) is 33.4 Å². The fourth-order valence-electron chi connectivity index (χ4n) is 8.37. The van der Waals surface area contributed by atoms with E-state index in [0.717, 1.165) is 5.56 Å². The van der Waals surface area contributed by atoms with Gasteiger partial charge in [-0.3, -0.25) is 19.2 Å². The first kappa shape index (κ1) is 48.3. The lowest BCUT2D eigenvalue weighted by Crippen LogP contribution is -2.53. The zero-order valence-electron chi connectivity index (χ0n) is 38.6. The van der Waals surface area contributed by atoms with Gasteiger partial charge in [0.2, 0.25) is 5.78 Å². The number of carboxylic acid groups (broad SMARTS) is 1. The summed E-state index contributed by atoms with van der Waals surface area (Å²) in [7, 11) is 3.09. The summed E-state index contributed by atoms with van der Waals surface area (Å²) >= 11 is 0. The second-order valence-corrected chi connectivity index (χ2v) is 17.3. The van der Waals surface area contributed by atoms with Gasteiger partial charge in [-0.25, -0.2) is 9.59 Å². The maximum Gasteiger partial charge on any atom is 0.336 e. The van der Waals surface area contributed by atoms with Crippen molar-refractivity contribution < 1.29 is 57.6 Å². The SMILES string of the molecule is CCC(C)(C)C(=O)C(=O)N1CCCCC1C(=O)OC(CCc1ccc(OC)c(OC)c1)c1cccc(OCC(=O)NCc2c(O)ccc3c(-c4ccccc4C(=O)O)c4ccc(=O)cc-4oc23)c1. The fraction of sp³-hybridized carbons (Fsp3) is 0.321. The first-order chi connectivity index (χ1) is 32.6. The van der Waals surface area contributed by atoms with Crippen LogP contribution in [0.4, 0.5) is 0 Å². The van der Waals surface area contributed by atoms with Crippen molar-refractivity contribution in [1.82, 2.24) is 10.2 Å². The monoisotopic (exact) mass is 926 g/mol. The molecule has 3 N–H and O–H groups in total. The van der Waals surface area contributed by atoms with Crippen LogP contribution in [0, 0.1) is 5.41 Å². The molecule has 15 nitrogen and oxygen atoms in total. The van der Waals surface area contributed by atoms with Gasteiger partial charge in [0, 0.05) is 34.5 Å². The number of carbonyl (C=O) groups is 5. The Morgan fingerprint density at radius 3 is 2.41 bits per heavy atom. The van der Waals surface area contributed by atoms with Gasteiger partial charge >= 0.3 is 11.9 Å². The van der Waals surface area contributed by atoms with Crippen LogP contribution in [0.5, 0.6) is 23.0 Å². The molecular formula is C53H54N2O13. The predicted molar refractivity (Wildman–Crippen MR) is 252 cm³/mol. The van der Waals surface area contributed by atoms with Crippen molar-refractivity contribution >= 4 is 40.5 Å². The zero-order chi connectivity index (χ0) is 48.7. The second kappa shape index (κ2) is 20.9. The van der Waals surface area contributed by atoms with Gasteiger partial charge in [-0.05, 0) is 110 Å². The Morgan fingerprint density at radius 2 is 1.66 bits per heavy atom. The molecule has 1 saturated heterocycles. The number of nitrogens with one attached hydrogen (secondary N) is 1. The minimum atomic E-state index is -1.16. The smallest absolute Gasteiger partial charge is 0.336 e. The number of aromatic hydroxyl groups is 1. The van der Waals surface area contributed by atoms with E-state index in [-0.39, 0.29) is 52.5 Å². The van der Waals surface area contributed by atoms with Crippen molar-refractivity contribution in [2.45, 2.75) is 78.0 Å². The molecule has 3 aliphatic rings. The van der Waals surface area contributed by atoms with Gasteiger partial charge < -0.3 is 43.8 Å². The van der Waals surface area contributed by atoms with E-state index in [1.807, 2.05) is 19.1 Å². The summed E-state index contributed by atoms with van der Waals surface area (Å²) < 4.78 is 29.3. The van der Waals surface area contributed by atoms with Gasteiger partial charge in [-0.1, -0.05) is 57.2 Å². The van der Waals surface area contributed by atoms with Crippen LogP contribution < -0.4 is 25.0 Å². The molecule has 68 heavy (non-hydrogen) atoms. The molecule has 7 rings (SSSR count). The normalized spacial score (nSPS) is 14.2. The number of piperidine rings is 1. The highest BCUT2D eigenvalue weighted by Gasteiger charge is 2.41. The van der Waals surface area contributed by atoms with Crippen molar-refractivity contribution in [1.29, 1.82) is 0 Å². The number of carboxylic acids is 1. The third kappa shape index (κ3) is 10.5. The van der Waals surface area contributed by atoms with Gasteiger partial charge in [0.15, 0.2) is 23.5 Å². The zero-order valence-corrected chi connectivity index (χ0v) is 38.6. The molecule has 4 aromatic carbocycles. The largest absolute Gasteiger partial charge is 0.507 e. The number of likely N-dealkylation sites (tertiary alicyclic amines) is 1. The average molecular weight is 927 g/mol. The van der Waals surface area contributed by atoms with E-state index in [4.69, 9.17) is 23.4 Å². The van der Waals surface area contributed by atoms with Crippen molar-refractivity contribution in [3.8, 4) is 45.4 Å². The van der Waals surface area contributed by atoms with Crippen LogP contribution in [0.2, 0.25) is 0 Å². The van der Waals surface area contributed by atoms with E-state index in [9.17, 15) is 39.0 Å². The molecule has 15 heteroatoms. The number of benzene rings is 5. The molecule has 4 aromatic rings. The predicted octanol–water partition coefficient (Wildman–Crippen LogP) is 8.28. The molecule has 0 bridgehead atoms. The van der Waals surface area contributed by atoms with Crippen LogP contribution >= 0.6 is 0 Å². The number of phenols is 1. The summed E-state index contributed by atoms with van der Waals surface area (Å²) in [5, 5.41) is 24.3. The Balaban J connectivity index is 1.11. The number of carbonyl (C=O) groups excluding carboxylic acids is 4. The highest BCUT2D eigenvalue weighted by molar-refractivity contribution is 6.38. The standard InChI is InChI=1S/C53H54N2O13/c1-6-53(2,3)49(59)50(60)55-25-10-9-16-40(55)52(63)68-42(23-17-31-18-24-43(64-4)45(26-31)65-5)32-12-11-13-34(27-32)66-30-46(58)54-29-39-41(57)22-21-38-47(35-14-7-8-15-36(35)51(61)62)37-20-19-33(56)28-44(37)67-48(38)39/h7-8,11-15,18-22,24,26-28,40,42,57H,6,9-10,16-17,23,25,29-30H2,1-5H3,(H,54,58)(H,61,62). The maximum atomic E-state index is 14.1. The maximum absolute atomic E-state index is 14.1. The third-order valence-corrected chi connectivity index (χ3v) is 12.6. The van der Waals surface area contributed by atoms with Gasteiger partial charge in [-0.2, -0.15) is 0 Å². The van der Waals surface area contributed by atoms with E-state index in [1.165, 1.54) is 29.2 Å². The number of methoxy groups -OCH3 is 2. The lowest BCUT2D eigenvalue weighted by atomic mass is 9.84. The highest BCUT2D eigenvalue weighted by atomic mass is 16.5. The number of esters is 1. The van der Waals surface area contributed by atoms with Crippen LogP contribution in [0.15, 0.2) is 106 Å². The number of fused-ring (bicyclic) bond motifs is 2. The quantitative estimate of drug-likeness (QED) is 0.0422. The fourth-order valence-corrected chi connectivity index (χ4v) is 8.37. The van der Waals surface area contributed by atoms with Crippen molar-refractivity contribution in [2.24, 2.45) is 5.41 Å². The molecule has 2 amide bonds. The summed E-state index contributed by atoms with van der Waals surface area (Å²) in [6.45, 7) is 4.84. The van der Waals surface area contributed by atoms with Crippen LogP contribution in [0.1, 0.15) is 86.0 Å². The van der Waals surface area contributed by atoms with Gasteiger partial charge in [-0.15, -0.1) is 0 Å². The Hall–Kier alpha value is -7.68. The Bertz CT molecular complexity index is 2900. The van der Waals surface area contributed by atoms with E-state index in [0.29, 0.717) is 77.7 Å². The molecule has 1 fully saturated rings. The summed E-state index contributed by atoms with van der Waals surface area (Å²) in [4.78, 5) is 80.5.